The van der Waals surface area contributed by atoms with Crippen LogP contribution in [0, 0.1) is 0 Å². The van der Waals surface area contributed by atoms with Gasteiger partial charge in [-0.25, -0.2) is 9.97 Å². The summed E-state index contributed by atoms with van der Waals surface area (Å²) in [6.45, 7) is 0. The lowest BCUT2D eigenvalue weighted by Crippen LogP contribution is -1.92. The van der Waals surface area contributed by atoms with Crippen LogP contribution in [0.4, 0.5) is 0 Å². The highest BCUT2D eigenvalue weighted by Crippen LogP contribution is 2.31. The van der Waals surface area contributed by atoms with Gasteiger partial charge in [-0.1, -0.05) is 23.7 Å². The summed E-state index contributed by atoms with van der Waals surface area (Å²) in [6.07, 6.45) is 5.16. The Morgan fingerprint density at radius 3 is 2.20 bits per heavy atom. The molecule has 0 saturated heterocycles. The topological polar surface area (TPSA) is 38.7 Å². The second-order valence-corrected chi connectivity index (χ2v) is 4.92. The third-order valence-corrected chi connectivity index (χ3v) is 3.30. The van der Waals surface area contributed by atoms with E-state index in [2.05, 4.69) is 15.0 Å². The highest BCUT2D eigenvalue weighted by atomic mass is 35.5. The second-order valence-electron chi connectivity index (χ2n) is 4.14. The van der Waals surface area contributed by atoms with E-state index in [1.807, 2.05) is 36.4 Å². The van der Waals surface area contributed by atoms with Gasteiger partial charge in [-0.2, -0.15) is 0 Å². The van der Waals surface area contributed by atoms with Crippen LogP contribution >= 0.6 is 23.2 Å². The first-order valence-electron chi connectivity index (χ1n) is 5.93. The Morgan fingerprint density at radius 1 is 0.800 bits per heavy atom. The van der Waals surface area contributed by atoms with Crippen molar-refractivity contribution >= 4 is 23.2 Å². The molecule has 2 aromatic heterocycles. The molecule has 1 aromatic carbocycles. The van der Waals surface area contributed by atoms with Crippen LogP contribution < -0.4 is 0 Å². The van der Waals surface area contributed by atoms with Gasteiger partial charge in [0.1, 0.15) is 0 Å². The van der Waals surface area contributed by atoms with Gasteiger partial charge >= 0.3 is 0 Å². The van der Waals surface area contributed by atoms with Crippen molar-refractivity contribution in [3.8, 4) is 22.4 Å². The van der Waals surface area contributed by atoms with Crippen molar-refractivity contribution in [2.75, 3.05) is 0 Å². The van der Waals surface area contributed by atoms with Crippen molar-refractivity contribution in [1.29, 1.82) is 0 Å². The number of nitrogens with zero attached hydrogens (tertiary/aromatic N) is 3. The van der Waals surface area contributed by atoms with Gasteiger partial charge < -0.3 is 0 Å². The molecule has 0 radical (unpaired) electrons. The van der Waals surface area contributed by atoms with Crippen LogP contribution in [0.2, 0.25) is 10.3 Å². The Labute approximate surface area is 126 Å². The van der Waals surface area contributed by atoms with E-state index in [0.29, 0.717) is 5.02 Å². The van der Waals surface area contributed by atoms with Gasteiger partial charge in [-0.15, -0.1) is 0 Å². The fourth-order valence-electron chi connectivity index (χ4n) is 1.93. The van der Waals surface area contributed by atoms with Gasteiger partial charge in [0.2, 0.25) is 5.28 Å². The Bertz CT molecular complexity index is 728. The van der Waals surface area contributed by atoms with Crippen LogP contribution in [0.25, 0.3) is 22.4 Å². The number of aromatic nitrogens is 3. The molecule has 0 amide bonds. The minimum Gasteiger partial charge on any atom is -0.265 e. The summed E-state index contributed by atoms with van der Waals surface area (Å²) in [4.78, 5) is 12.4. The van der Waals surface area contributed by atoms with Crippen molar-refractivity contribution in [2.24, 2.45) is 0 Å². The molecule has 0 unspecified atom stereocenters. The molecule has 0 fully saturated rings. The number of hydrogen-bond donors (Lipinski definition) is 0. The van der Waals surface area contributed by atoms with E-state index in [4.69, 9.17) is 23.2 Å². The lowest BCUT2D eigenvalue weighted by atomic mass is 10.0. The van der Waals surface area contributed by atoms with E-state index < -0.39 is 0 Å². The highest BCUT2D eigenvalue weighted by molar-refractivity contribution is 6.30. The highest BCUT2D eigenvalue weighted by Gasteiger charge is 2.10. The SMILES string of the molecule is Clc1ccc(-c2cnc(Cl)nc2-c2ccncc2)cc1. The second kappa shape index (κ2) is 5.57. The first kappa shape index (κ1) is 13.0. The Kier molecular flexibility index (Phi) is 3.63. The molecule has 3 rings (SSSR count). The van der Waals surface area contributed by atoms with Gasteiger partial charge in [0.25, 0.3) is 0 Å². The summed E-state index contributed by atoms with van der Waals surface area (Å²) in [7, 11) is 0. The van der Waals surface area contributed by atoms with Gasteiger partial charge in [0.05, 0.1) is 5.69 Å². The zero-order valence-electron chi connectivity index (χ0n) is 10.3. The van der Waals surface area contributed by atoms with Crippen molar-refractivity contribution < 1.29 is 0 Å². The Balaban J connectivity index is 2.19. The molecule has 0 N–H and O–H groups in total. The summed E-state index contributed by atoms with van der Waals surface area (Å²) in [5.74, 6) is 0. The summed E-state index contributed by atoms with van der Waals surface area (Å²) >= 11 is 11.8. The van der Waals surface area contributed by atoms with Crippen molar-refractivity contribution in [1.82, 2.24) is 15.0 Å². The maximum absolute atomic E-state index is 5.92. The average Bonchev–Trinajstić information content (AvgIpc) is 2.49. The molecule has 0 spiro atoms. The fourth-order valence-corrected chi connectivity index (χ4v) is 2.19. The normalized spacial score (nSPS) is 10.5. The van der Waals surface area contributed by atoms with E-state index in [1.54, 1.807) is 18.6 Å². The molecule has 2 heterocycles. The van der Waals surface area contributed by atoms with Crippen molar-refractivity contribution in [2.45, 2.75) is 0 Å². The minimum atomic E-state index is 0.217. The van der Waals surface area contributed by atoms with E-state index in [-0.39, 0.29) is 5.28 Å². The first-order chi connectivity index (χ1) is 9.74. The molecule has 0 aliphatic carbocycles. The molecule has 0 atom stereocenters. The number of rotatable bonds is 2. The molecule has 20 heavy (non-hydrogen) atoms. The smallest absolute Gasteiger partial charge is 0.222 e. The lowest BCUT2D eigenvalue weighted by molar-refractivity contribution is 1.17. The maximum Gasteiger partial charge on any atom is 0.222 e. The van der Waals surface area contributed by atoms with Gasteiger partial charge in [-0.05, 0) is 41.4 Å². The molecule has 0 aliphatic heterocycles. The third kappa shape index (κ3) is 2.64. The van der Waals surface area contributed by atoms with E-state index in [9.17, 15) is 0 Å². The van der Waals surface area contributed by atoms with Crippen LogP contribution in [-0.4, -0.2) is 15.0 Å². The molecule has 0 saturated carbocycles. The van der Waals surface area contributed by atoms with Crippen LogP contribution in [-0.2, 0) is 0 Å². The standard InChI is InChI=1S/C15H9Cl2N3/c16-12-3-1-10(2-4-12)13-9-19-15(17)20-14(13)11-5-7-18-8-6-11/h1-9H. The molecule has 98 valence electrons. The Morgan fingerprint density at radius 2 is 1.50 bits per heavy atom. The maximum atomic E-state index is 5.92. The van der Waals surface area contributed by atoms with Crippen LogP contribution in [0.3, 0.4) is 0 Å². The van der Waals surface area contributed by atoms with Crippen LogP contribution in [0.15, 0.2) is 55.0 Å². The monoisotopic (exact) mass is 301 g/mol. The first-order valence-corrected chi connectivity index (χ1v) is 6.68. The number of benzene rings is 1. The summed E-state index contributed by atoms with van der Waals surface area (Å²) < 4.78 is 0. The molecule has 0 bridgehead atoms. The average molecular weight is 302 g/mol. The summed E-state index contributed by atoms with van der Waals surface area (Å²) in [5.41, 5.74) is 3.60. The predicted octanol–water partition coefficient (Wildman–Crippen LogP) is 4.51. The largest absolute Gasteiger partial charge is 0.265 e. The van der Waals surface area contributed by atoms with E-state index in [1.165, 1.54) is 0 Å². The number of pyridine rings is 1. The molecule has 5 heteroatoms. The fraction of sp³-hybridized carbons (Fsp3) is 0. The summed E-state index contributed by atoms with van der Waals surface area (Å²) in [5, 5.41) is 0.906. The van der Waals surface area contributed by atoms with Crippen molar-refractivity contribution in [3.05, 3.63) is 65.3 Å². The van der Waals surface area contributed by atoms with Crippen LogP contribution in [0.1, 0.15) is 0 Å². The zero-order valence-corrected chi connectivity index (χ0v) is 11.8. The number of halogens is 2. The molecule has 3 nitrogen and oxygen atoms in total. The summed E-state index contributed by atoms with van der Waals surface area (Å²) in [6, 6.07) is 11.3. The number of hydrogen-bond acceptors (Lipinski definition) is 3. The van der Waals surface area contributed by atoms with Crippen molar-refractivity contribution in [3.63, 3.8) is 0 Å². The molecule has 3 aromatic rings. The van der Waals surface area contributed by atoms with Gasteiger partial charge in [-0.3, -0.25) is 4.98 Å². The van der Waals surface area contributed by atoms with E-state index >= 15 is 0 Å². The zero-order chi connectivity index (χ0) is 13.9. The molecule has 0 aliphatic rings. The molecular weight excluding hydrogens is 293 g/mol. The quantitative estimate of drug-likeness (QED) is 0.654. The van der Waals surface area contributed by atoms with Gasteiger partial charge in [0.15, 0.2) is 0 Å². The lowest BCUT2D eigenvalue weighted by Gasteiger charge is -2.09. The van der Waals surface area contributed by atoms with Gasteiger partial charge in [0, 0.05) is 34.7 Å². The third-order valence-electron chi connectivity index (χ3n) is 2.87. The Hall–Kier alpha value is -1.97. The predicted molar refractivity (Wildman–Crippen MR) is 80.7 cm³/mol. The van der Waals surface area contributed by atoms with Crippen LogP contribution in [0.5, 0.6) is 0 Å². The van der Waals surface area contributed by atoms with E-state index in [0.717, 1.165) is 22.4 Å². The minimum absolute atomic E-state index is 0.217. The molecular formula is C15H9Cl2N3.